The van der Waals surface area contributed by atoms with Crippen LogP contribution in [-0.2, 0) is 4.79 Å². The summed E-state index contributed by atoms with van der Waals surface area (Å²) in [5, 5.41) is 3.31. The van der Waals surface area contributed by atoms with E-state index in [2.05, 4.69) is 5.32 Å². The third-order valence-electron chi connectivity index (χ3n) is 2.79. The lowest BCUT2D eigenvalue weighted by atomic mass is 10.1. The van der Waals surface area contributed by atoms with E-state index in [0.29, 0.717) is 22.9 Å². The first-order chi connectivity index (χ1) is 9.17. The quantitative estimate of drug-likeness (QED) is 0.719. The average molecular weight is 321 g/mol. The van der Waals surface area contributed by atoms with E-state index in [1.165, 1.54) is 0 Å². The smallest absolute Gasteiger partial charge is 0.224 e. The summed E-state index contributed by atoms with van der Waals surface area (Å²) in [6.07, 6.45) is 4.55. The van der Waals surface area contributed by atoms with Crippen LogP contribution < -0.4 is 15.8 Å². The second-order valence-electron chi connectivity index (χ2n) is 4.35. The predicted octanol–water partition coefficient (Wildman–Crippen LogP) is 3.62. The van der Waals surface area contributed by atoms with E-state index in [1.54, 1.807) is 25.3 Å². The number of methoxy groups -OCH3 is 1. The molecule has 0 aliphatic carbocycles. The fourth-order valence-electron chi connectivity index (χ4n) is 1.75. The minimum absolute atomic E-state index is 0. The molecule has 0 bridgehead atoms. The number of hydrogen-bond donors (Lipinski definition) is 2. The Morgan fingerprint density at radius 3 is 2.60 bits per heavy atom. The number of unbranched alkanes of at least 4 members (excludes halogenated alkanes) is 3. The fourth-order valence-corrected chi connectivity index (χ4v) is 2.01. The highest BCUT2D eigenvalue weighted by molar-refractivity contribution is 6.32. The van der Waals surface area contributed by atoms with Gasteiger partial charge >= 0.3 is 0 Å². The zero-order chi connectivity index (χ0) is 14.1. The number of benzene rings is 1. The molecule has 0 aromatic heterocycles. The fraction of sp³-hybridized carbons (Fsp3) is 0.500. The number of carbonyl (C=O) groups excluding carboxylic acids is 1. The summed E-state index contributed by atoms with van der Waals surface area (Å²) in [6, 6.07) is 5.20. The molecule has 0 aliphatic rings. The lowest BCUT2D eigenvalue weighted by molar-refractivity contribution is -0.116. The summed E-state index contributed by atoms with van der Waals surface area (Å²) in [5.41, 5.74) is 6.10. The summed E-state index contributed by atoms with van der Waals surface area (Å²) in [6.45, 7) is 0.719. The van der Waals surface area contributed by atoms with Crippen molar-refractivity contribution in [1.29, 1.82) is 0 Å². The van der Waals surface area contributed by atoms with Gasteiger partial charge in [0.1, 0.15) is 5.75 Å². The van der Waals surface area contributed by atoms with Gasteiger partial charge in [-0.15, -0.1) is 12.4 Å². The molecule has 0 unspecified atom stereocenters. The normalized spacial score (nSPS) is 9.75. The number of anilines is 1. The van der Waals surface area contributed by atoms with Crippen LogP contribution in [0.4, 0.5) is 5.69 Å². The zero-order valence-corrected chi connectivity index (χ0v) is 13.2. The molecule has 1 aromatic carbocycles. The highest BCUT2D eigenvalue weighted by Crippen LogP contribution is 2.27. The van der Waals surface area contributed by atoms with Crippen molar-refractivity contribution in [2.24, 2.45) is 5.73 Å². The maximum absolute atomic E-state index is 11.7. The number of amides is 1. The molecular formula is C14H22Cl2N2O2. The van der Waals surface area contributed by atoms with Crippen molar-refractivity contribution in [3.63, 3.8) is 0 Å². The van der Waals surface area contributed by atoms with Crippen LogP contribution in [0, 0.1) is 0 Å². The summed E-state index contributed by atoms with van der Waals surface area (Å²) in [4.78, 5) is 11.7. The molecule has 1 rings (SSSR count). The van der Waals surface area contributed by atoms with Crippen molar-refractivity contribution >= 4 is 35.6 Å². The first kappa shape index (κ1) is 19.0. The Morgan fingerprint density at radius 2 is 2.00 bits per heavy atom. The molecule has 0 radical (unpaired) electrons. The van der Waals surface area contributed by atoms with E-state index >= 15 is 0 Å². The van der Waals surface area contributed by atoms with Gasteiger partial charge in [-0.2, -0.15) is 0 Å². The third kappa shape index (κ3) is 6.98. The number of ether oxygens (including phenoxy) is 1. The largest absolute Gasteiger partial charge is 0.495 e. The minimum atomic E-state index is 0. The number of halogens is 2. The van der Waals surface area contributed by atoms with Gasteiger partial charge in [0.25, 0.3) is 0 Å². The van der Waals surface area contributed by atoms with Crippen LogP contribution in [0.25, 0.3) is 0 Å². The Morgan fingerprint density at radius 1 is 1.30 bits per heavy atom. The summed E-state index contributed by atoms with van der Waals surface area (Å²) in [5.74, 6) is 0.607. The molecule has 114 valence electrons. The van der Waals surface area contributed by atoms with Gasteiger partial charge in [0.05, 0.1) is 12.1 Å². The molecule has 0 heterocycles. The Hall–Kier alpha value is -0.970. The van der Waals surface area contributed by atoms with Crippen molar-refractivity contribution in [1.82, 2.24) is 0 Å². The van der Waals surface area contributed by atoms with Gasteiger partial charge in [-0.25, -0.2) is 0 Å². The monoisotopic (exact) mass is 320 g/mol. The Bertz CT molecular complexity index is 414. The van der Waals surface area contributed by atoms with Crippen LogP contribution >= 0.6 is 24.0 Å². The third-order valence-corrected chi connectivity index (χ3v) is 3.09. The molecule has 0 saturated carbocycles. The van der Waals surface area contributed by atoms with Gasteiger partial charge in [0.15, 0.2) is 0 Å². The molecule has 1 aromatic rings. The number of rotatable bonds is 8. The van der Waals surface area contributed by atoms with E-state index in [-0.39, 0.29) is 18.3 Å². The van der Waals surface area contributed by atoms with Crippen molar-refractivity contribution in [3.05, 3.63) is 23.2 Å². The summed E-state index contributed by atoms with van der Waals surface area (Å²) < 4.78 is 5.05. The second kappa shape index (κ2) is 10.8. The molecule has 3 N–H and O–H groups in total. The van der Waals surface area contributed by atoms with Crippen LogP contribution in [0.3, 0.4) is 0 Å². The van der Waals surface area contributed by atoms with E-state index in [0.717, 1.165) is 32.2 Å². The van der Waals surface area contributed by atoms with Crippen molar-refractivity contribution in [2.45, 2.75) is 32.1 Å². The van der Waals surface area contributed by atoms with Gasteiger partial charge in [0, 0.05) is 12.1 Å². The predicted molar refractivity (Wildman–Crippen MR) is 86.0 cm³/mol. The first-order valence-corrected chi connectivity index (χ1v) is 6.88. The van der Waals surface area contributed by atoms with Gasteiger partial charge in [-0.05, 0) is 37.6 Å². The zero-order valence-electron chi connectivity index (χ0n) is 11.7. The van der Waals surface area contributed by atoms with Crippen LogP contribution in [0.5, 0.6) is 5.75 Å². The Labute approximate surface area is 131 Å². The van der Waals surface area contributed by atoms with Gasteiger partial charge < -0.3 is 15.8 Å². The molecule has 0 aliphatic heterocycles. The second-order valence-corrected chi connectivity index (χ2v) is 4.76. The number of carbonyl (C=O) groups is 1. The number of nitrogens with two attached hydrogens (primary N) is 1. The topological polar surface area (TPSA) is 64.3 Å². The van der Waals surface area contributed by atoms with Gasteiger partial charge in [-0.3, -0.25) is 4.79 Å². The minimum Gasteiger partial charge on any atom is -0.495 e. The Kier molecular flexibility index (Phi) is 10.3. The molecule has 4 nitrogen and oxygen atoms in total. The molecule has 20 heavy (non-hydrogen) atoms. The van der Waals surface area contributed by atoms with Crippen LogP contribution in [-0.4, -0.2) is 19.6 Å². The van der Waals surface area contributed by atoms with E-state index in [1.807, 2.05) is 0 Å². The molecule has 0 fully saturated rings. The molecule has 1 amide bonds. The number of hydrogen-bond acceptors (Lipinski definition) is 3. The van der Waals surface area contributed by atoms with Gasteiger partial charge in [-0.1, -0.05) is 24.4 Å². The first-order valence-electron chi connectivity index (χ1n) is 6.51. The lowest BCUT2D eigenvalue weighted by Crippen LogP contribution is -2.11. The standard InChI is InChI=1S/C14H21ClN2O2.ClH/c1-19-13-8-7-11(10-12(13)15)17-14(18)6-4-2-3-5-9-16;/h7-8,10H,2-6,9,16H2,1H3,(H,17,18);1H. The van der Waals surface area contributed by atoms with Crippen LogP contribution in [0.2, 0.25) is 5.02 Å². The maximum atomic E-state index is 11.7. The molecule has 0 saturated heterocycles. The van der Waals surface area contributed by atoms with Crippen molar-refractivity contribution in [3.8, 4) is 5.75 Å². The molecule has 0 atom stereocenters. The summed E-state index contributed by atoms with van der Waals surface area (Å²) in [7, 11) is 1.56. The lowest BCUT2D eigenvalue weighted by Gasteiger charge is -2.08. The molecular weight excluding hydrogens is 299 g/mol. The highest BCUT2D eigenvalue weighted by atomic mass is 35.5. The highest BCUT2D eigenvalue weighted by Gasteiger charge is 2.05. The van der Waals surface area contributed by atoms with E-state index in [4.69, 9.17) is 22.1 Å². The molecule has 0 spiro atoms. The van der Waals surface area contributed by atoms with Crippen LogP contribution in [0.1, 0.15) is 32.1 Å². The van der Waals surface area contributed by atoms with E-state index < -0.39 is 0 Å². The molecule has 6 heteroatoms. The van der Waals surface area contributed by atoms with Crippen molar-refractivity contribution in [2.75, 3.05) is 19.0 Å². The maximum Gasteiger partial charge on any atom is 0.224 e. The average Bonchev–Trinajstić information content (AvgIpc) is 2.39. The SMILES string of the molecule is COc1ccc(NC(=O)CCCCCCN)cc1Cl.Cl. The van der Waals surface area contributed by atoms with E-state index in [9.17, 15) is 4.79 Å². The Balaban J connectivity index is 0.00000361. The van der Waals surface area contributed by atoms with Crippen molar-refractivity contribution < 1.29 is 9.53 Å². The van der Waals surface area contributed by atoms with Crippen LogP contribution in [0.15, 0.2) is 18.2 Å². The summed E-state index contributed by atoms with van der Waals surface area (Å²) >= 11 is 5.99. The van der Waals surface area contributed by atoms with Gasteiger partial charge in [0.2, 0.25) is 5.91 Å². The number of nitrogens with one attached hydrogen (secondary N) is 1.